The summed E-state index contributed by atoms with van der Waals surface area (Å²) in [5.74, 6) is -1.14. The van der Waals surface area contributed by atoms with Gasteiger partial charge in [0.2, 0.25) is 21.8 Å². The smallest absolute Gasteiger partial charge is 0.243 e. The molecule has 0 aromatic heterocycles. The van der Waals surface area contributed by atoms with E-state index in [2.05, 4.69) is 0 Å². The SMILES string of the molecule is O=C1CCC(=O)N1C1CN(S(=O)(=O)c2cccc(F)c2)C1. The van der Waals surface area contributed by atoms with Gasteiger partial charge in [-0.15, -0.1) is 0 Å². The molecule has 1 aromatic rings. The molecular weight excluding hydrogens is 299 g/mol. The largest absolute Gasteiger partial charge is 0.277 e. The van der Waals surface area contributed by atoms with E-state index in [4.69, 9.17) is 0 Å². The van der Waals surface area contributed by atoms with Crippen LogP contribution < -0.4 is 0 Å². The van der Waals surface area contributed by atoms with Crippen molar-refractivity contribution >= 4 is 21.8 Å². The van der Waals surface area contributed by atoms with Crippen molar-refractivity contribution in [1.82, 2.24) is 9.21 Å². The van der Waals surface area contributed by atoms with E-state index in [0.717, 1.165) is 15.3 Å². The number of likely N-dealkylation sites (tertiary alicyclic amines) is 1. The van der Waals surface area contributed by atoms with Gasteiger partial charge in [0.25, 0.3) is 0 Å². The first-order valence-corrected chi connectivity index (χ1v) is 7.94. The number of amides is 2. The quantitative estimate of drug-likeness (QED) is 0.755. The third-order valence-corrected chi connectivity index (χ3v) is 5.55. The van der Waals surface area contributed by atoms with Gasteiger partial charge in [-0.3, -0.25) is 14.5 Å². The molecule has 1 aromatic carbocycles. The number of nitrogens with zero attached hydrogens (tertiary/aromatic N) is 2. The molecule has 0 unspecified atom stereocenters. The number of carbonyl (C=O) groups is 2. The summed E-state index contributed by atoms with van der Waals surface area (Å²) in [5.41, 5.74) is 0. The maximum absolute atomic E-state index is 13.1. The van der Waals surface area contributed by atoms with Crippen LogP contribution >= 0.6 is 0 Å². The summed E-state index contributed by atoms with van der Waals surface area (Å²) < 4.78 is 38.8. The highest BCUT2D eigenvalue weighted by molar-refractivity contribution is 7.89. The normalized spacial score (nSPS) is 20.9. The topological polar surface area (TPSA) is 74.8 Å². The maximum atomic E-state index is 13.1. The third-order valence-electron chi connectivity index (χ3n) is 3.72. The number of hydrogen-bond donors (Lipinski definition) is 0. The lowest BCUT2D eigenvalue weighted by atomic mass is 10.1. The molecule has 0 spiro atoms. The van der Waals surface area contributed by atoms with Crippen LogP contribution in [0.3, 0.4) is 0 Å². The number of sulfonamides is 1. The molecule has 2 fully saturated rings. The van der Waals surface area contributed by atoms with Crippen molar-refractivity contribution < 1.29 is 22.4 Å². The second-order valence-electron chi connectivity index (χ2n) is 5.09. The average molecular weight is 312 g/mol. The van der Waals surface area contributed by atoms with E-state index < -0.39 is 21.9 Å². The summed E-state index contributed by atoms with van der Waals surface area (Å²) in [6.45, 7) is 0.132. The minimum Gasteiger partial charge on any atom is -0.277 e. The monoisotopic (exact) mass is 312 g/mol. The predicted octanol–water partition coefficient (Wildman–Crippen LogP) is 0.348. The minimum atomic E-state index is -3.78. The van der Waals surface area contributed by atoms with E-state index in [-0.39, 0.29) is 42.6 Å². The zero-order valence-corrected chi connectivity index (χ0v) is 11.8. The van der Waals surface area contributed by atoms with Gasteiger partial charge < -0.3 is 0 Å². The Hall–Kier alpha value is -1.80. The second-order valence-corrected chi connectivity index (χ2v) is 7.03. The van der Waals surface area contributed by atoms with Crippen molar-refractivity contribution in [3.8, 4) is 0 Å². The molecule has 21 heavy (non-hydrogen) atoms. The Labute approximate surface area is 121 Å². The van der Waals surface area contributed by atoms with Gasteiger partial charge in [0, 0.05) is 25.9 Å². The van der Waals surface area contributed by atoms with Gasteiger partial charge in [0.1, 0.15) is 5.82 Å². The molecule has 0 saturated carbocycles. The second kappa shape index (κ2) is 4.88. The molecule has 0 N–H and O–H groups in total. The zero-order chi connectivity index (χ0) is 15.2. The van der Waals surface area contributed by atoms with Crippen molar-refractivity contribution in [1.29, 1.82) is 0 Å². The molecule has 2 amide bonds. The zero-order valence-electron chi connectivity index (χ0n) is 11.0. The van der Waals surface area contributed by atoms with E-state index in [1.165, 1.54) is 18.2 Å². The van der Waals surface area contributed by atoms with E-state index in [0.29, 0.717) is 0 Å². The lowest BCUT2D eigenvalue weighted by Gasteiger charge is -2.41. The van der Waals surface area contributed by atoms with Crippen molar-refractivity contribution in [2.24, 2.45) is 0 Å². The molecule has 0 radical (unpaired) electrons. The fourth-order valence-electron chi connectivity index (χ4n) is 2.55. The van der Waals surface area contributed by atoms with Crippen LogP contribution in [0.2, 0.25) is 0 Å². The van der Waals surface area contributed by atoms with Crippen LogP contribution in [0.5, 0.6) is 0 Å². The number of rotatable bonds is 3. The number of carbonyl (C=O) groups excluding carboxylic acids is 2. The van der Waals surface area contributed by atoms with Gasteiger partial charge >= 0.3 is 0 Å². The lowest BCUT2D eigenvalue weighted by molar-refractivity contribution is -0.143. The Balaban J connectivity index is 1.74. The molecule has 2 aliphatic rings. The van der Waals surface area contributed by atoms with Gasteiger partial charge in [-0.25, -0.2) is 12.8 Å². The molecule has 8 heteroatoms. The summed E-state index contributed by atoms with van der Waals surface area (Å²) in [6.07, 6.45) is 0.373. The molecule has 2 aliphatic heterocycles. The summed E-state index contributed by atoms with van der Waals surface area (Å²) in [5, 5.41) is 0. The van der Waals surface area contributed by atoms with E-state index >= 15 is 0 Å². The van der Waals surface area contributed by atoms with Crippen molar-refractivity contribution in [2.75, 3.05) is 13.1 Å². The van der Waals surface area contributed by atoms with Gasteiger partial charge in [-0.2, -0.15) is 4.31 Å². The van der Waals surface area contributed by atoms with Crippen molar-refractivity contribution in [3.05, 3.63) is 30.1 Å². The van der Waals surface area contributed by atoms with Gasteiger partial charge in [0.15, 0.2) is 0 Å². The number of hydrogen-bond acceptors (Lipinski definition) is 4. The molecule has 0 atom stereocenters. The summed E-state index contributed by atoms with van der Waals surface area (Å²) >= 11 is 0. The highest BCUT2D eigenvalue weighted by atomic mass is 32.2. The van der Waals surface area contributed by atoms with Crippen LogP contribution in [-0.2, 0) is 19.6 Å². The standard InChI is InChI=1S/C13H13FN2O4S/c14-9-2-1-3-11(6-9)21(19,20)15-7-10(8-15)16-12(17)4-5-13(16)18/h1-3,6,10H,4-5,7-8H2. The predicted molar refractivity (Wildman–Crippen MR) is 70.0 cm³/mol. The van der Waals surface area contributed by atoms with Crippen LogP contribution in [-0.4, -0.2) is 48.6 Å². The minimum absolute atomic E-state index is 0.0658. The van der Waals surface area contributed by atoms with Crippen molar-refractivity contribution in [2.45, 2.75) is 23.8 Å². The fraction of sp³-hybridized carbons (Fsp3) is 0.385. The molecule has 3 rings (SSSR count). The number of halogens is 1. The Morgan fingerprint density at radius 2 is 1.71 bits per heavy atom. The first-order chi connectivity index (χ1) is 9.89. The Bertz CT molecular complexity index is 697. The average Bonchev–Trinajstić information content (AvgIpc) is 2.69. The first kappa shape index (κ1) is 14.2. The molecule has 0 aliphatic carbocycles. The molecule has 6 nitrogen and oxygen atoms in total. The summed E-state index contributed by atoms with van der Waals surface area (Å²) in [4.78, 5) is 24.2. The van der Waals surface area contributed by atoms with Crippen molar-refractivity contribution in [3.63, 3.8) is 0 Å². The summed E-state index contributed by atoms with van der Waals surface area (Å²) in [7, 11) is -3.78. The fourth-order valence-corrected chi connectivity index (χ4v) is 4.10. The lowest BCUT2D eigenvalue weighted by Crippen LogP contribution is -2.62. The number of benzene rings is 1. The van der Waals surface area contributed by atoms with Crippen LogP contribution in [0, 0.1) is 5.82 Å². The molecular formula is C13H13FN2O4S. The molecule has 2 saturated heterocycles. The Morgan fingerprint density at radius 3 is 2.29 bits per heavy atom. The molecule has 112 valence electrons. The van der Waals surface area contributed by atoms with Gasteiger partial charge in [0.05, 0.1) is 10.9 Å². The van der Waals surface area contributed by atoms with Crippen LogP contribution in [0.15, 0.2) is 29.2 Å². The molecule has 0 bridgehead atoms. The van der Waals surface area contributed by atoms with Crippen LogP contribution in [0.4, 0.5) is 4.39 Å². The third kappa shape index (κ3) is 2.34. The Kier molecular flexibility index (Phi) is 3.29. The van der Waals surface area contributed by atoms with Gasteiger partial charge in [-0.1, -0.05) is 6.07 Å². The summed E-state index contributed by atoms with van der Waals surface area (Å²) in [6, 6.07) is 4.36. The van der Waals surface area contributed by atoms with E-state index in [9.17, 15) is 22.4 Å². The highest BCUT2D eigenvalue weighted by Crippen LogP contribution is 2.27. The van der Waals surface area contributed by atoms with E-state index in [1.807, 2.05) is 0 Å². The number of imide groups is 1. The highest BCUT2D eigenvalue weighted by Gasteiger charge is 2.45. The van der Waals surface area contributed by atoms with Gasteiger partial charge in [-0.05, 0) is 18.2 Å². The van der Waals surface area contributed by atoms with Crippen LogP contribution in [0.25, 0.3) is 0 Å². The molecule has 2 heterocycles. The van der Waals surface area contributed by atoms with E-state index in [1.54, 1.807) is 0 Å². The van der Waals surface area contributed by atoms with Crippen LogP contribution in [0.1, 0.15) is 12.8 Å². The maximum Gasteiger partial charge on any atom is 0.243 e. The first-order valence-electron chi connectivity index (χ1n) is 6.50. The Morgan fingerprint density at radius 1 is 1.10 bits per heavy atom.